The van der Waals surface area contributed by atoms with Gasteiger partial charge in [-0.05, 0) is 35.4 Å². The fourth-order valence-corrected chi connectivity index (χ4v) is 1.90. The van der Waals surface area contributed by atoms with E-state index in [1.165, 1.54) is 0 Å². The second-order valence-electron chi connectivity index (χ2n) is 4.50. The maximum Gasteiger partial charge on any atom is 0.269 e. The molecule has 0 radical (unpaired) electrons. The lowest BCUT2D eigenvalue weighted by Crippen LogP contribution is -2.02. The van der Waals surface area contributed by atoms with E-state index in [0.29, 0.717) is 0 Å². The minimum atomic E-state index is -2.03. The summed E-state index contributed by atoms with van der Waals surface area (Å²) >= 11 is 0. The standard InChI is InChI=1S/C14H10F2N2O4/c15-13(9-1-5-11(6-2-9)17(19)20)14(16)10-3-7-12(8-4-10)18(21)22/h1-8,13-14H. The zero-order valence-corrected chi connectivity index (χ0v) is 11.1. The van der Waals surface area contributed by atoms with E-state index in [1.54, 1.807) is 0 Å². The van der Waals surface area contributed by atoms with Crippen LogP contribution in [0.25, 0.3) is 0 Å². The fraction of sp³-hybridized carbons (Fsp3) is 0.143. The largest absolute Gasteiger partial charge is 0.269 e. The minimum Gasteiger partial charge on any atom is -0.258 e. The highest BCUT2D eigenvalue weighted by atomic mass is 19.2. The van der Waals surface area contributed by atoms with Crippen molar-refractivity contribution in [2.24, 2.45) is 0 Å². The molecule has 2 unspecified atom stereocenters. The molecule has 0 N–H and O–H groups in total. The molecular formula is C14H10F2N2O4. The number of hydrogen-bond acceptors (Lipinski definition) is 4. The molecule has 2 aromatic carbocycles. The lowest BCUT2D eigenvalue weighted by molar-refractivity contribution is -0.385. The van der Waals surface area contributed by atoms with Crippen molar-refractivity contribution >= 4 is 11.4 Å². The average molecular weight is 308 g/mol. The zero-order valence-electron chi connectivity index (χ0n) is 11.1. The van der Waals surface area contributed by atoms with Crippen LogP contribution < -0.4 is 0 Å². The number of nitro benzene ring substituents is 2. The van der Waals surface area contributed by atoms with Gasteiger partial charge in [0, 0.05) is 24.3 Å². The van der Waals surface area contributed by atoms with Crippen LogP contribution in [0.3, 0.4) is 0 Å². The van der Waals surface area contributed by atoms with Crippen LogP contribution in [0.15, 0.2) is 48.5 Å². The Labute approximate surface area is 123 Å². The fourth-order valence-electron chi connectivity index (χ4n) is 1.90. The highest BCUT2D eigenvalue weighted by Gasteiger charge is 2.25. The van der Waals surface area contributed by atoms with E-state index in [2.05, 4.69) is 0 Å². The van der Waals surface area contributed by atoms with Gasteiger partial charge in [0.25, 0.3) is 11.4 Å². The molecule has 0 aliphatic rings. The maximum absolute atomic E-state index is 14.1. The predicted octanol–water partition coefficient (Wildman–Crippen LogP) is 4.22. The van der Waals surface area contributed by atoms with E-state index in [4.69, 9.17) is 0 Å². The molecule has 0 heterocycles. The van der Waals surface area contributed by atoms with E-state index in [0.717, 1.165) is 48.5 Å². The summed E-state index contributed by atoms with van der Waals surface area (Å²) in [6.07, 6.45) is -4.05. The third-order valence-corrected chi connectivity index (χ3v) is 3.10. The minimum absolute atomic E-state index is 0.0450. The molecule has 0 amide bonds. The number of rotatable bonds is 5. The highest BCUT2D eigenvalue weighted by molar-refractivity contribution is 5.37. The van der Waals surface area contributed by atoms with Crippen LogP contribution in [0.2, 0.25) is 0 Å². The van der Waals surface area contributed by atoms with Gasteiger partial charge in [-0.15, -0.1) is 0 Å². The van der Waals surface area contributed by atoms with Crippen molar-refractivity contribution in [3.05, 3.63) is 79.9 Å². The first-order chi connectivity index (χ1) is 10.4. The summed E-state index contributed by atoms with van der Waals surface area (Å²) in [5.41, 5.74) is -0.531. The maximum atomic E-state index is 14.1. The van der Waals surface area contributed by atoms with Crippen molar-refractivity contribution in [2.45, 2.75) is 12.3 Å². The molecule has 0 fully saturated rings. The number of benzene rings is 2. The first kappa shape index (κ1) is 15.5. The summed E-state index contributed by atoms with van der Waals surface area (Å²) in [5.74, 6) is 0. The molecule has 0 aliphatic heterocycles. The Balaban J connectivity index is 2.18. The lowest BCUT2D eigenvalue weighted by Gasteiger charge is -2.14. The van der Waals surface area contributed by atoms with Crippen LogP contribution in [0, 0.1) is 20.2 Å². The van der Waals surface area contributed by atoms with Crippen molar-refractivity contribution in [3.63, 3.8) is 0 Å². The Kier molecular flexibility index (Phi) is 4.40. The van der Waals surface area contributed by atoms with Gasteiger partial charge in [-0.25, -0.2) is 8.78 Å². The third-order valence-electron chi connectivity index (χ3n) is 3.10. The summed E-state index contributed by atoms with van der Waals surface area (Å²) < 4.78 is 28.3. The predicted molar refractivity (Wildman–Crippen MR) is 73.9 cm³/mol. The average Bonchev–Trinajstić information content (AvgIpc) is 2.53. The van der Waals surface area contributed by atoms with Crippen molar-refractivity contribution in [2.75, 3.05) is 0 Å². The molecule has 114 valence electrons. The second-order valence-corrected chi connectivity index (χ2v) is 4.50. The van der Waals surface area contributed by atoms with Crippen molar-refractivity contribution in [1.82, 2.24) is 0 Å². The molecule has 0 bridgehead atoms. The monoisotopic (exact) mass is 308 g/mol. The Hall–Kier alpha value is -2.90. The molecule has 2 aromatic rings. The molecule has 0 aromatic heterocycles. The normalized spacial score (nSPS) is 13.4. The van der Waals surface area contributed by atoms with Gasteiger partial charge in [-0.3, -0.25) is 20.2 Å². The van der Waals surface area contributed by atoms with Gasteiger partial charge >= 0.3 is 0 Å². The SMILES string of the molecule is O=[N+]([O-])c1ccc(C(F)C(F)c2ccc([N+](=O)[O-])cc2)cc1. The molecule has 0 saturated heterocycles. The number of nitro groups is 2. The number of halogens is 2. The number of hydrogen-bond donors (Lipinski definition) is 0. The van der Waals surface area contributed by atoms with Crippen LogP contribution in [0.4, 0.5) is 20.2 Å². The van der Waals surface area contributed by atoms with Gasteiger partial charge in [0.1, 0.15) is 0 Å². The summed E-state index contributed by atoms with van der Waals surface area (Å²) in [4.78, 5) is 19.7. The summed E-state index contributed by atoms with van der Waals surface area (Å²) in [7, 11) is 0. The Bertz CT molecular complexity index is 627. The van der Waals surface area contributed by atoms with E-state index in [-0.39, 0.29) is 22.5 Å². The van der Waals surface area contributed by atoms with Crippen LogP contribution in [-0.4, -0.2) is 9.85 Å². The van der Waals surface area contributed by atoms with Crippen molar-refractivity contribution < 1.29 is 18.6 Å². The molecule has 22 heavy (non-hydrogen) atoms. The van der Waals surface area contributed by atoms with E-state index in [1.807, 2.05) is 0 Å². The molecule has 2 atom stereocenters. The van der Waals surface area contributed by atoms with Crippen molar-refractivity contribution in [3.8, 4) is 0 Å². The van der Waals surface area contributed by atoms with Gasteiger partial charge in [-0.1, -0.05) is 0 Å². The molecule has 2 rings (SSSR count). The van der Waals surface area contributed by atoms with Gasteiger partial charge in [0.05, 0.1) is 9.85 Å². The number of alkyl halides is 2. The third kappa shape index (κ3) is 3.22. The molecule has 6 nitrogen and oxygen atoms in total. The smallest absolute Gasteiger partial charge is 0.258 e. The summed E-state index contributed by atoms with van der Waals surface area (Å²) in [5, 5.41) is 21.0. The first-order valence-electron chi connectivity index (χ1n) is 6.17. The number of non-ortho nitro benzene ring substituents is 2. The first-order valence-corrected chi connectivity index (χ1v) is 6.17. The highest BCUT2D eigenvalue weighted by Crippen LogP contribution is 2.36. The van der Waals surface area contributed by atoms with E-state index < -0.39 is 22.2 Å². The summed E-state index contributed by atoms with van der Waals surface area (Å²) in [6, 6.07) is 8.91. The Morgan fingerprint density at radius 3 is 1.18 bits per heavy atom. The zero-order chi connectivity index (χ0) is 16.3. The molecule has 0 saturated carbocycles. The van der Waals surface area contributed by atoms with Crippen LogP contribution in [0.5, 0.6) is 0 Å². The second kappa shape index (κ2) is 6.25. The van der Waals surface area contributed by atoms with E-state index >= 15 is 0 Å². The Morgan fingerprint density at radius 1 is 0.682 bits per heavy atom. The van der Waals surface area contributed by atoms with Gasteiger partial charge in [0.2, 0.25) is 0 Å². The molecule has 8 heteroatoms. The Morgan fingerprint density at radius 2 is 0.955 bits per heavy atom. The van der Waals surface area contributed by atoms with Gasteiger partial charge in [-0.2, -0.15) is 0 Å². The number of nitrogens with zero attached hydrogens (tertiary/aromatic N) is 2. The summed E-state index contributed by atoms with van der Waals surface area (Å²) in [6.45, 7) is 0. The molecule has 0 spiro atoms. The lowest BCUT2D eigenvalue weighted by atomic mass is 10.0. The van der Waals surface area contributed by atoms with Gasteiger partial charge < -0.3 is 0 Å². The van der Waals surface area contributed by atoms with Gasteiger partial charge in [0.15, 0.2) is 12.3 Å². The molecule has 0 aliphatic carbocycles. The van der Waals surface area contributed by atoms with Crippen LogP contribution in [0.1, 0.15) is 23.5 Å². The van der Waals surface area contributed by atoms with Crippen molar-refractivity contribution in [1.29, 1.82) is 0 Å². The van der Waals surface area contributed by atoms with Crippen LogP contribution >= 0.6 is 0 Å². The topological polar surface area (TPSA) is 86.3 Å². The van der Waals surface area contributed by atoms with E-state index in [9.17, 15) is 29.0 Å². The molecular weight excluding hydrogens is 298 g/mol. The van der Waals surface area contributed by atoms with Crippen LogP contribution in [-0.2, 0) is 0 Å². The quantitative estimate of drug-likeness (QED) is 0.611.